The molecule has 2 N–H and O–H groups in total. The second-order valence-corrected chi connectivity index (χ2v) is 4.59. The van der Waals surface area contributed by atoms with Crippen LogP contribution in [0.25, 0.3) is 10.8 Å². The molecule has 86 valence electrons. The van der Waals surface area contributed by atoms with Gasteiger partial charge >= 0.3 is 0 Å². The van der Waals surface area contributed by atoms with Crippen LogP contribution in [-0.2, 0) is 10.1 Å². The molecule has 0 aliphatic rings. The zero-order chi connectivity index (χ0) is 11.1. The van der Waals surface area contributed by atoms with E-state index in [-0.39, 0.29) is 15.3 Å². The second kappa shape index (κ2) is 4.07. The first kappa shape index (κ1) is 12.4. The van der Waals surface area contributed by atoms with E-state index in [4.69, 9.17) is 4.55 Å². The van der Waals surface area contributed by atoms with Gasteiger partial charge in [-0.2, -0.15) is 8.42 Å². The van der Waals surface area contributed by atoms with Crippen LogP contribution in [0.4, 0.5) is 4.70 Å². The predicted molar refractivity (Wildman–Crippen MR) is 57.9 cm³/mol. The molecule has 6 heteroatoms. The molecular weight excluding hydrogens is 235 g/mol. The van der Waals surface area contributed by atoms with Crippen molar-refractivity contribution in [3.8, 4) is 5.75 Å². The molecule has 2 rings (SSSR count). The summed E-state index contributed by atoms with van der Waals surface area (Å²) in [6, 6.07) is 8.72. The summed E-state index contributed by atoms with van der Waals surface area (Å²) in [5, 5.41) is 10.5. The van der Waals surface area contributed by atoms with Crippen LogP contribution in [0.15, 0.2) is 41.3 Å². The van der Waals surface area contributed by atoms with Crippen LogP contribution in [0.5, 0.6) is 5.75 Å². The van der Waals surface area contributed by atoms with Crippen molar-refractivity contribution in [2.75, 3.05) is 0 Å². The first-order valence-corrected chi connectivity index (χ1v) is 5.61. The Bertz CT molecular complexity index is 622. The molecular formula is C10H9FO4S. The molecule has 0 spiro atoms. The van der Waals surface area contributed by atoms with E-state index in [2.05, 4.69) is 0 Å². The predicted octanol–water partition coefficient (Wildman–Crippen LogP) is 1.94. The maximum absolute atomic E-state index is 10.8. The Morgan fingerprint density at radius 1 is 0.938 bits per heavy atom. The highest BCUT2D eigenvalue weighted by Crippen LogP contribution is 2.22. The van der Waals surface area contributed by atoms with Crippen LogP contribution < -0.4 is 0 Å². The molecule has 0 unspecified atom stereocenters. The third kappa shape index (κ3) is 2.29. The topological polar surface area (TPSA) is 74.6 Å². The molecule has 2 aromatic carbocycles. The summed E-state index contributed by atoms with van der Waals surface area (Å²) < 4.78 is 30.5. The molecule has 0 saturated carbocycles. The molecule has 2 aromatic rings. The van der Waals surface area contributed by atoms with Crippen molar-refractivity contribution < 1.29 is 22.8 Å². The molecule has 4 nitrogen and oxygen atoms in total. The number of benzene rings is 2. The van der Waals surface area contributed by atoms with Gasteiger partial charge in [0.05, 0.1) is 4.90 Å². The molecule has 0 atom stereocenters. The normalized spacial score (nSPS) is 11.1. The van der Waals surface area contributed by atoms with Crippen molar-refractivity contribution in [3.05, 3.63) is 36.4 Å². The fraction of sp³-hybridized carbons (Fsp3) is 0. The largest absolute Gasteiger partial charge is 0.508 e. The fourth-order valence-corrected chi connectivity index (χ4v) is 1.89. The SMILES string of the molecule is F.O=S(=O)(O)c1ccc2cc(O)ccc2c1. The molecule has 16 heavy (non-hydrogen) atoms. The van der Waals surface area contributed by atoms with Gasteiger partial charge in [-0.1, -0.05) is 12.1 Å². The molecule has 0 amide bonds. The van der Waals surface area contributed by atoms with Crippen LogP contribution in [0.1, 0.15) is 0 Å². The highest BCUT2D eigenvalue weighted by atomic mass is 32.2. The highest BCUT2D eigenvalue weighted by Gasteiger charge is 2.09. The van der Waals surface area contributed by atoms with Crippen LogP contribution in [0.3, 0.4) is 0 Å². The van der Waals surface area contributed by atoms with Gasteiger partial charge in [-0.3, -0.25) is 9.26 Å². The maximum atomic E-state index is 10.8. The summed E-state index contributed by atoms with van der Waals surface area (Å²) in [6.07, 6.45) is 0. The Hall–Kier alpha value is -1.66. The van der Waals surface area contributed by atoms with Crippen molar-refractivity contribution in [2.45, 2.75) is 4.90 Å². The number of fused-ring (bicyclic) bond motifs is 1. The summed E-state index contributed by atoms with van der Waals surface area (Å²) in [7, 11) is -4.17. The lowest BCUT2D eigenvalue weighted by atomic mass is 10.1. The quantitative estimate of drug-likeness (QED) is 0.752. The highest BCUT2D eigenvalue weighted by molar-refractivity contribution is 7.85. The van der Waals surface area contributed by atoms with Gasteiger partial charge in [-0.25, -0.2) is 0 Å². The van der Waals surface area contributed by atoms with E-state index >= 15 is 0 Å². The van der Waals surface area contributed by atoms with E-state index < -0.39 is 10.1 Å². The van der Waals surface area contributed by atoms with Crippen molar-refractivity contribution in [2.24, 2.45) is 0 Å². The Morgan fingerprint density at radius 2 is 1.50 bits per heavy atom. The zero-order valence-electron chi connectivity index (χ0n) is 7.99. The van der Waals surface area contributed by atoms with Crippen molar-refractivity contribution in [1.82, 2.24) is 0 Å². The van der Waals surface area contributed by atoms with Crippen molar-refractivity contribution in [3.63, 3.8) is 0 Å². The Labute approximate surface area is 91.3 Å². The van der Waals surface area contributed by atoms with Crippen molar-refractivity contribution >= 4 is 20.9 Å². The molecule has 0 aromatic heterocycles. The Balaban J connectivity index is 0.00000128. The van der Waals surface area contributed by atoms with Gasteiger partial charge < -0.3 is 5.11 Å². The minimum atomic E-state index is -4.17. The molecule has 0 saturated heterocycles. The van der Waals surface area contributed by atoms with E-state index in [1.165, 1.54) is 30.3 Å². The second-order valence-electron chi connectivity index (χ2n) is 3.17. The number of phenolic OH excluding ortho intramolecular Hbond substituents is 1. The van der Waals surface area contributed by atoms with Gasteiger partial charge in [0.1, 0.15) is 5.75 Å². The van der Waals surface area contributed by atoms with Crippen LogP contribution >= 0.6 is 0 Å². The van der Waals surface area contributed by atoms with Crippen LogP contribution in [-0.4, -0.2) is 18.1 Å². The Kier molecular flexibility index (Phi) is 3.16. The lowest BCUT2D eigenvalue weighted by molar-refractivity contribution is 0.476. The average molecular weight is 244 g/mol. The lowest BCUT2D eigenvalue weighted by Gasteiger charge is -2.01. The van der Waals surface area contributed by atoms with E-state index in [0.29, 0.717) is 10.8 Å². The summed E-state index contributed by atoms with van der Waals surface area (Å²) in [4.78, 5) is -0.152. The minimum absolute atomic E-state index is 0. The summed E-state index contributed by atoms with van der Waals surface area (Å²) in [6.45, 7) is 0. The van der Waals surface area contributed by atoms with E-state index in [0.717, 1.165) is 0 Å². The standard InChI is InChI=1S/C10H8O4S.FH/c11-9-3-1-8-6-10(15(12,13)14)4-2-7(8)5-9;/h1-6,11H,(H,12,13,14);1H. The third-order valence-electron chi connectivity index (χ3n) is 2.09. The van der Waals surface area contributed by atoms with E-state index in [1.54, 1.807) is 6.07 Å². The first-order chi connectivity index (χ1) is 6.97. The van der Waals surface area contributed by atoms with Crippen LogP contribution in [0, 0.1) is 0 Å². The van der Waals surface area contributed by atoms with Gasteiger partial charge in [0, 0.05) is 0 Å². The number of hydrogen-bond donors (Lipinski definition) is 2. The summed E-state index contributed by atoms with van der Waals surface area (Å²) in [5.41, 5.74) is 0. The van der Waals surface area contributed by atoms with E-state index in [1.807, 2.05) is 0 Å². The minimum Gasteiger partial charge on any atom is -0.508 e. The van der Waals surface area contributed by atoms with E-state index in [9.17, 15) is 13.5 Å². The van der Waals surface area contributed by atoms with Gasteiger partial charge in [-0.15, -0.1) is 0 Å². The number of phenols is 1. The van der Waals surface area contributed by atoms with Crippen molar-refractivity contribution in [1.29, 1.82) is 0 Å². The zero-order valence-corrected chi connectivity index (χ0v) is 8.81. The molecule has 0 aliphatic carbocycles. The molecule has 0 radical (unpaired) electrons. The lowest BCUT2D eigenvalue weighted by Crippen LogP contribution is -1.97. The maximum Gasteiger partial charge on any atom is 0.294 e. The Morgan fingerprint density at radius 3 is 2.12 bits per heavy atom. The summed E-state index contributed by atoms with van der Waals surface area (Å²) in [5.74, 6) is 0.113. The summed E-state index contributed by atoms with van der Waals surface area (Å²) >= 11 is 0. The molecule has 0 fully saturated rings. The number of halogens is 1. The van der Waals surface area contributed by atoms with Gasteiger partial charge in [0.2, 0.25) is 0 Å². The number of hydrogen-bond acceptors (Lipinski definition) is 3. The monoisotopic (exact) mass is 244 g/mol. The van der Waals surface area contributed by atoms with Gasteiger partial charge in [0.25, 0.3) is 10.1 Å². The third-order valence-corrected chi connectivity index (χ3v) is 2.94. The molecule has 0 aliphatic heterocycles. The number of aromatic hydroxyl groups is 1. The average Bonchev–Trinajstić information content (AvgIpc) is 2.15. The van der Waals surface area contributed by atoms with Gasteiger partial charge in [0.15, 0.2) is 0 Å². The smallest absolute Gasteiger partial charge is 0.294 e. The number of rotatable bonds is 1. The fourth-order valence-electron chi connectivity index (χ4n) is 1.37. The van der Waals surface area contributed by atoms with Crippen LogP contribution in [0.2, 0.25) is 0 Å². The van der Waals surface area contributed by atoms with Gasteiger partial charge in [-0.05, 0) is 35.0 Å². The first-order valence-electron chi connectivity index (χ1n) is 4.17. The molecule has 0 heterocycles. The molecule has 0 bridgehead atoms.